The summed E-state index contributed by atoms with van der Waals surface area (Å²) in [4.78, 5) is 24.3. The van der Waals surface area contributed by atoms with Gasteiger partial charge in [0.25, 0.3) is 0 Å². The molecule has 1 unspecified atom stereocenters. The van der Waals surface area contributed by atoms with Gasteiger partial charge in [-0.1, -0.05) is 30.3 Å². The molecule has 4 nitrogen and oxygen atoms in total. The van der Waals surface area contributed by atoms with Crippen LogP contribution >= 0.6 is 0 Å². The van der Waals surface area contributed by atoms with E-state index in [1.165, 1.54) is 14.0 Å². The Hall–Kier alpha value is -2.10. The first-order valence-electron chi connectivity index (χ1n) is 5.77. The predicted octanol–water partition coefficient (Wildman–Crippen LogP) is 2.92. The number of hydrogen-bond donors (Lipinski definition) is 0. The zero-order valence-electron chi connectivity index (χ0n) is 10.4. The number of amides is 1. The van der Waals surface area contributed by atoms with Crippen LogP contribution in [0.5, 0.6) is 0 Å². The molecule has 18 heavy (non-hydrogen) atoms. The second-order valence-electron chi connectivity index (χ2n) is 4.19. The summed E-state index contributed by atoms with van der Waals surface area (Å²) in [5.41, 5.74) is 1.67. The highest BCUT2D eigenvalue weighted by Gasteiger charge is 2.26. The first-order chi connectivity index (χ1) is 8.63. The Balaban J connectivity index is 2.21. The van der Waals surface area contributed by atoms with E-state index in [1.807, 2.05) is 18.2 Å². The van der Waals surface area contributed by atoms with Crippen molar-refractivity contribution in [2.45, 2.75) is 19.4 Å². The van der Waals surface area contributed by atoms with Gasteiger partial charge >= 0.3 is 6.09 Å². The number of carbonyl (C=O) groups is 2. The largest absolute Gasteiger partial charge is 0.452 e. The van der Waals surface area contributed by atoms with Gasteiger partial charge in [0.15, 0.2) is 5.78 Å². The predicted molar refractivity (Wildman–Crippen MR) is 67.2 cm³/mol. The van der Waals surface area contributed by atoms with Crippen molar-refractivity contribution in [2.24, 2.45) is 0 Å². The summed E-state index contributed by atoms with van der Waals surface area (Å²) in [6.45, 7) is 1.53. The highest BCUT2D eigenvalue weighted by atomic mass is 16.5. The van der Waals surface area contributed by atoms with Crippen LogP contribution in [0, 0.1) is 0 Å². The van der Waals surface area contributed by atoms with Crippen LogP contribution in [0.4, 0.5) is 4.79 Å². The van der Waals surface area contributed by atoms with Gasteiger partial charge in [-0.15, -0.1) is 0 Å². The van der Waals surface area contributed by atoms with Gasteiger partial charge in [0, 0.05) is 11.8 Å². The topological polar surface area (TPSA) is 46.6 Å². The molecule has 0 radical (unpaired) electrons. The van der Waals surface area contributed by atoms with Gasteiger partial charge in [0.05, 0.1) is 13.2 Å². The van der Waals surface area contributed by atoms with Gasteiger partial charge < -0.3 is 4.74 Å². The molecule has 1 aliphatic rings. The standard InChI is InChI=1S/C14H15NO3/c1-10(16)11-5-7-12(8-6-11)13-4-3-9-15(13)14(17)18-2/h3,5-9,13H,4H2,1-2H3. The number of carbonyl (C=O) groups excluding carboxylic acids is 2. The van der Waals surface area contributed by atoms with E-state index >= 15 is 0 Å². The molecule has 0 aliphatic carbocycles. The lowest BCUT2D eigenvalue weighted by Crippen LogP contribution is -2.27. The first-order valence-corrected chi connectivity index (χ1v) is 5.77. The number of methoxy groups -OCH3 is 1. The molecule has 0 saturated heterocycles. The molecule has 0 fully saturated rings. The van der Waals surface area contributed by atoms with Crippen molar-refractivity contribution >= 4 is 11.9 Å². The zero-order chi connectivity index (χ0) is 13.1. The molecule has 4 heteroatoms. The van der Waals surface area contributed by atoms with Crippen LogP contribution in [-0.2, 0) is 4.74 Å². The average Bonchev–Trinajstić information content (AvgIpc) is 2.87. The Morgan fingerprint density at radius 1 is 1.28 bits per heavy atom. The summed E-state index contributed by atoms with van der Waals surface area (Å²) in [7, 11) is 1.37. The number of hydrogen-bond acceptors (Lipinski definition) is 3. The summed E-state index contributed by atoms with van der Waals surface area (Å²) in [5, 5.41) is 0. The maximum atomic E-state index is 11.6. The van der Waals surface area contributed by atoms with Gasteiger partial charge in [-0.25, -0.2) is 4.79 Å². The number of nitrogens with zero attached hydrogens (tertiary/aromatic N) is 1. The molecule has 1 heterocycles. The molecular weight excluding hydrogens is 230 g/mol. The molecule has 1 amide bonds. The average molecular weight is 245 g/mol. The summed E-state index contributed by atoms with van der Waals surface area (Å²) in [6, 6.07) is 7.28. The van der Waals surface area contributed by atoms with Crippen LogP contribution in [0.1, 0.15) is 35.3 Å². The van der Waals surface area contributed by atoms with Crippen molar-refractivity contribution in [3.63, 3.8) is 0 Å². The van der Waals surface area contributed by atoms with E-state index in [2.05, 4.69) is 0 Å². The van der Waals surface area contributed by atoms with Gasteiger partial charge in [-0.2, -0.15) is 0 Å². The Morgan fingerprint density at radius 2 is 1.94 bits per heavy atom. The maximum absolute atomic E-state index is 11.6. The lowest BCUT2D eigenvalue weighted by atomic mass is 10.0. The Morgan fingerprint density at radius 3 is 2.50 bits per heavy atom. The summed E-state index contributed by atoms with van der Waals surface area (Å²) in [5.74, 6) is 0.0379. The fourth-order valence-corrected chi connectivity index (χ4v) is 2.05. The van der Waals surface area contributed by atoms with Gasteiger partial charge in [0.1, 0.15) is 0 Å². The molecule has 2 rings (SSSR count). The molecule has 0 bridgehead atoms. The number of rotatable bonds is 2. The molecule has 1 aromatic carbocycles. The molecule has 0 spiro atoms. The van der Waals surface area contributed by atoms with Crippen LogP contribution < -0.4 is 0 Å². The molecule has 0 saturated carbocycles. The molecule has 0 aromatic heterocycles. The van der Waals surface area contributed by atoms with Crippen molar-refractivity contribution in [1.82, 2.24) is 4.90 Å². The third kappa shape index (κ3) is 2.27. The van der Waals surface area contributed by atoms with E-state index in [0.29, 0.717) is 5.56 Å². The maximum Gasteiger partial charge on any atom is 0.414 e. The third-order valence-corrected chi connectivity index (χ3v) is 3.05. The van der Waals surface area contributed by atoms with Crippen LogP contribution in [0.15, 0.2) is 36.5 Å². The third-order valence-electron chi connectivity index (χ3n) is 3.05. The summed E-state index contributed by atoms with van der Waals surface area (Å²) < 4.78 is 4.73. The highest BCUT2D eigenvalue weighted by Crippen LogP contribution is 2.30. The smallest absolute Gasteiger partial charge is 0.414 e. The number of ether oxygens (including phenoxy) is 1. The molecule has 1 aliphatic heterocycles. The fourth-order valence-electron chi connectivity index (χ4n) is 2.05. The van der Waals surface area contributed by atoms with E-state index in [-0.39, 0.29) is 17.9 Å². The normalized spacial score (nSPS) is 17.9. The molecular formula is C14H15NO3. The molecule has 94 valence electrons. The Bertz CT molecular complexity index is 490. The second-order valence-corrected chi connectivity index (χ2v) is 4.19. The minimum Gasteiger partial charge on any atom is -0.452 e. The van der Waals surface area contributed by atoms with Crippen molar-refractivity contribution in [3.05, 3.63) is 47.7 Å². The molecule has 1 aromatic rings. The number of ketones is 1. The van der Waals surface area contributed by atoms with Crippen molar-refractivity contribution < 1.29 is 14.3 Å². The van der Waals surface area contributed by atoms with Crippen LogP contribution in [0.3, 0.4) is 0 Å². The summed E-state index contributed by atoms with van der Waals surface area (Å²) in [6.07, 6.45) is 4.05. The lowest BCUT2D eigenvalue weighted by molar-refractivity contribution is 0.101. The minimum absolute atomic E-state index is 0.0379. The monoisotopic (exact) mass is 245 g/mol. The van der Waals surface area contributed by atoms with Crippen molar-refractivity contribution in [1.29, 1.82) is 0 Å². The van der Waals surface area contributed by atoms with Crippen LogP contribution in [0.25, 0.3) is 0 Å². The zero-order valence-corrected chi connectivity index (χ0v) is 10.4. The highest BCUT2D eigenvalue weighted by molar-refractivity contribution is 5.94. The van der Waals surface area contributed by atoms with E-state index in [1.54, 1.807) is 23.2 Å². The minimum atomic E-state index is -0.371. The molecule has 0 N–H and O–H groups in total. The van der Waals surface area contributed by atoms with E-state index in [0.717, 1.165) is 12.0 Å². The van der Waals surface area contributed by atoms with E-state index in [9.17, 15) is 9.59 Å². The first kappa shape index (κ1) is 12.4. The van der Waals surface area contributed by atoms with E-state index < -0.39 is 0 Å². The van der Waals surface area contributed by atoms with Crippen molar-refractivity contribution in [3.8, 4) is 0 Å². The number of Topliss-reactive ketones (excluding diaryl/α,β-unsaturated/α-hetero) is 1. The molecule has 1 atom stereocenters. The van der Waals surface area contributed by atoms with Gasteiger partial charge in [0.2, 0.25) is 0 Å². The van der Waals surface area contributed by atoms with Crippen LogP contribution in [0.2, 0.25) is 0 Å². The van der Waals surface area contributed by atoms with Gasteiger partial charge in [-0.05, 0) is 18.9 Å². The Kier molecular flexibility index (Phi) is 3.46. The summed E-state index contributed by atoms with van der Waals surface area (Å²) >= 11 is 0. The van der Waals surface area contributed by atoms with E-state index in [4.69, 9.17) is 4.74 Å². The second kappa shape index (κ2) is 5.04. The SMILES string of the molecule is COC(=O)N1C=CCC1c1ccc(C(C)=O)cc1. The quantitative estimate of drug-likeness (QED) is 0.752. The van der Waals surface area contributed by atoms with Crippen LogP contribution in [-0.4, -0.2) is 23.9 Å². The Labute approximate surface area is 106 Å². The van der Waals surface area contributed by atoms with Gasteiger partial charge in [-0.3, -0.25) is 9.69 Å². The fraction of sp³-hybridized carbons (Fsp3) is 0.286. The lowest BCUT2D eigenvalue weighted by Gasteiger charge is -2.22. The van der Waals surface area contributed by atoms with Crippen molar-refractivity contribution in [2.75, 3.05) is 7.11 Å². The number of benzene rings is 1.